The third-order valence-electron chi connectivity index (χ3n) is 7.96. The molecule has 0 radical (unpaired) electrons. The Morgan fingerprint density at radius 2 is 1.53 bits per heavy atom. The molecule has 3 aromatic carbocycles. The topological polar surface area (TPSA) is 66.8 Å². The van der Waals surface area contributed by atoms with Gasteiger partial charge < -0.3 is 14.7 Å². The Hall–Kier alpha value is -3.28. The fraction of sp³-hybridized carbons (Fsp3) is 0.394. The van der Waals surface area contributed by atoms with E-state index in [-0.39, 0.29) is 24.1 Å². The number of esters is 1. The molecule has 0 saturated carbocycles. The quantitative estimate of drug-likeness (QED) is 0.268. The van der Waals surface area contributed by atoms with Gasteiger partial charge in [0.1, 0.15) is 5.60 Å². The van der Waals surface area contributed by atoms with E-state index in [1.165, 1.54) is 7.11 Å². The van der Waals surface area contributed by atoms with Crippen molar-refractivity contribution in [2.75, 3.05) is 26.7 Å². The minimum atomic E-state index is -1.01. The zero-order chi connectivity index (χ0) is 27.0. The van der Waals surface area contributed by atoms with E-state index < -0.39 is 5.60 Å². The van der Waals surface area contributed by atoms with E-state index in [1.807, 2.05) is 85.8 Å². The van der Waals surface area contributed by atoms with E-state index >= 15 is 0 Å². The van der Waals surface area contributed by atoms with Gasteiger partial charge in [-0.1, -0.05) is 79.7 Å². The summed E-state index contributed by atoms with van der Waals surface area (Å²) in [6.07, 6.45) is 4.09. The molecule has 1 fully saturated rings. The molecule has 0 atom stereocenters. The molecule has 0 spiro atoms. The Kier molecular flexibility index (Phi) is 9.48. The normalized spacial score (nSPS) is 14.8. The smallest absolute Gasteiger partial charge is 0.309 e. The molecule has 0 aliphatic carbocycles. The van der Waals surface area contributed by atoms with Crippen molar-refractivity contribution in [3.8, 4) is 0 Å². The molecule has 1 aliphatic rings. The third-order valence-corrected chi connectivity index (χ3v) is 7.96. The molecule has 1 aliphatic heterocycles. The van der Waals surface area contributed by atoms with Crippen LogP contribution in [0.3, 0.4) is 0 Å². The molecule has 0 unspecified atom stereocenters. The molecule has 1 saturated heterocycles. The summed E-state index contributed by atoms with van der Waals surface area (Å²) >= 11 is 0. The number of ketones is 1. The van der Waals surface area contributed by atoms with E-state index in [4.69, 9.17) is 4.74 Å². The number of nitrogens with zero attached hydrogens (tertiary/aromatic N) is 1. The number of carbonyl (C=O) groups excluding carboxylic acids is 2. The second-order valence-electron chi connectivity index (χ2n) is 10.2. The van der Waals surface area contributed by atoms with Crippen LogP contribution in [0.15, 0.2) is 78.9 Å². The van der Waals surface area contributed by atoms with Gasteiger partial charge in [-0.15, -0.1) is 0 Å². The molecule has 1 N–H and O–H groups in total. The zero-order valence-corrected chi connectivity index (χ0v) is 22.6. The van der Waals surface area contributed by atoms with Crippen LogP contribution in [-0.2, 0) is 28.0 Å². The van der Waals surface area contributed by atoms with Gasteiger partial charge in [-0.3, -0.25) is 9.59 Å². The Labute approximate surface area is 226 Å². The van der Waals surface area contributed by atoms with Crippen molar-refractivity contribution in [2.24, 2.45) is 5.92 Å². The average molecular weight is 514 g/mol. The predicted octanol–water partition coefficient (Wildman–Crippen LogP) is 5.58. The van der Waals surface area contributed by atoms with Crippen molar-refractivity contribution in [3.63, 3.8) is 0 Å². The zero-order valence-electron chi connectivity index (χ0n) is 22.6. The van der Waals surface area contributed by atoms with Crippen LogP contribution < -0.4 is 0 Å². The highest BCUT2D eigenvalue weighted by molar-refractivity contribution is 5.96. The van der Waals surface area contributed by atoms with Gasteiger partial charge in [0.25, 0.3) is 0 Å². The number of benzene rings is 3. The maximum Gasteiger partial charge on any atom is 0.309 e. The van der Waals surface area contributed by atoms with E-state index in [0.29, 0.717) is 12.0 Å². The summed E-state index contributed by atoms with van der Waals surface area (Å²) < 4.78 is 4.79. The maximum atomic E-state index is 12.9. The van der Waals surface area contributed by atoms with Gasteiger partial charge in [0.15, 0.2) is 5.78 Å². The van der Waals surface area contributed by atoms with Crippen LogP contribution in [0.4, 0.5) is 0 Å². The minimum Gasteiger partial charge on any atom is -0.469 e. The van der Waals surface area contributed by atoms with Gasteiger partial charge in [0.2, 0.25) is 0 Å². The van der Waals surface area contributed by atoms with Crippen molar-refractivity contribution < 1.29 is 19.4 Å². The first-order valence-electron chi connectivity index (χ1n) is 13.7. The number of carbonyl (C=O) groups is 2. The number of aliphatic hydroxyl groups is 1. The van der Waals surface area contributed by atoms with Crippen LogP contribution in [0.5, 0.6) is 0 Å². The molecule has 5 nitrogen and oxygen atoms in total. The van der Waals surface area contributed by atoms with Gasteiger partial charge >= 0.3 is 5.97 Å². The van der Waals surface area contributed by atoms with Crippen molar-refractivity contribution >= 4 is 11.8 Å². The van der Waals surface area contributed by atoms with E-state index in [1.54, 1.807) is 0 Å². The number of hydrogen-bond donors (Lipinski definition) is 1. The number of aryl methyl sites for hydroxylation is 1. The van der Waals surface area contributed by atoms with Crippen LogP contribution >= 0.6 is 0 Å². The highest BCUT2D eigenvalue weighted by atomic mass is 16.5. The van der Waals surface area contributed by atoms with Crippen LogP contribution in [0.25, 0.3) is 0 Å². The average Bonchev–Trinajstić information content (AvgIpc) is 2.98. The summed E-state index contributed by atoms with van der Waals surface area (Å²) in [5, 5.41) is 12.1. The van der Waals surface area contributed by atoms with Gasteiger partial charge in [-0.25, -0.2) is 0 Å². The Morgan fingerprint density at radius 3 is 2.08 bits per heavy atom. The number of ether oxygens (including phenoxy) is 1. The highest BCUT2D eigenvalue weighted by Gasteiger charge is 2.41. The second kappa shape index (κ2) is 13.0. The minimum absolute atomic E-state index is 0.126. The van der Waals surface area contributed by atoms with Gasteiger partial charge in [-0.05, 0) is 79.6 Å². The summed E-state index contributed by atoms with van der Waals surface area (Å²) in [5.41, 5.74) is 3.53. The summed E-state index contributed by atoms with van der Waals surface area (Å²) in [7, 11) is 1.39. The fourth-order valence-electron chi connectivity index (χ4n) is 5.73. The molecule has 0 aromatic heterocycles. The largest absolute Gasteiger partial charge is 0.469 e. The standard InChI is InChI=1S/C33H39NO4/c1-3-25-23-27(17-16-26(25)24-32(36)38-2)31(35)15-10-20-34-21-18-30(19-22-34)33(37,28-11-6-4-7-12-28)29-13-8-5-9-14-29/h4-9,11-14,16-17,23,30,37H,3,10,15,18-22,24H2,1-2H3. The number of rotatable bonds is 11. The van der Waals surface area contributed by atoms with Gasteiger partial charge in [0, 0.05) is 12.0 Å². The molecule has 38 heavy (non-hydrogen) atoms. The van der Waals surface area contributed by atoms with E-state index in [0.717, 1.165) is 67.6 Å². The molecule has 4 rings (SSSR count). The van der Waals surface area contributed by atoms with Crippen molar-refractivity contribution in [3.05, 3.63) is 107 Å². The maximum absolute atomic E-state index is 12.9. The molecule has 3 aromatic rings. The summed E-state index contributed by atoms with van der Waals surface area (Å²) in [6.45, 7) is 4.71. The number of piperidine rings is 1. The molecule has 0 bridgehead atoms. The number of methoxy groups -OCH3 is 1. The number of Topliss-reactive ketones (excluding diaryl/α,β-unsaturated/α-hetero) is 1. The van der Waals surface area contributed by atoms with E-state index in [2.05, 4.69) is 4.90 Å². The Balaban J connectivity index is 1.32. The first kappa shape index (κ1) is 27.7. The first-order chi connectivity index (χ1) is 18.5. The van der Waals surface area contributed by atoms with Gasteiger partial charge in [0.05, 0.1) is 13.5 Å². The first-order valence-corrected chi connectivity index (χ1v) is 13.7. The summed E-state index contributed by atoms with van der Waals surface area (Å²) in [6, 6.07) is 25.7. The molecular weight excluding hydrogens is 474 g/mol. The molecule has 1 heterocycles. The number of hydrogen-bond acceptors (Lipinski definition) is 5. The molecule has 200 valence electrons. The fourth-order valence-corrected chi connectivity index (χ4v) is 5.73. The second-order valence-corrected chi connectivity index (χ2v) is 10.2. The van der Waals surface area contributed by atoms with Crippen LogP contribution in [0.2, 0.25) is 0 Å². The Bertz CT molecular complexity index is 1160. The third kappa shape index (κ3) is 6.40. The Morgan fingerprint density at radius 1 is 0.921 bits per heavy atom. The van der Waals surface area contributed by atoms with Crippen LogP contribution in [0.1, 0.15) is 65.2 Å². The summed E-state index contributed by atoms with van der Waals surface area (Å²) in [4.78, 5) is 27.0. The van der Waals surface area contributed by atoms with Crippen LogP contribution in [0, 0.1) is 5.92 Å². The SMILES string of the molecule is CCc1cc(C(=O)CCCN2CCC(C(O)(c3ccccc3)c3ccccc3)CC2)ccc1CC(=O)OC. The molecule has 0 amide bonds. The molecule has 5 heteroatoms. The highest BCUT2D eigenvalue weighted by Crippen LogP contribution is 2.41. The van der Waals surface area contributed by atoms with Crippen molar-refractivity contribution in [2.45, 2.75) is 51.0 Å². The lowest BCUT2D eigenvalue weighted by Gasteiger charge is -2.42. The van der Waals surface area contributed by atoms with Gasteiger partial charge in [-0.2, -0.15) is 0 Å². The van der Waals surface area contributed by atoms with Crippen molar-refractivity contribution in [1.29, 1.82) is 0 Å². The lowest BCUT2D eigenvalue weighted by atomic mass is 9.72. The predicted molar refractivity (Wildman–Crippen MR) is 150 cm³/mol. The van der Waals surface area contributed by atoms with E-state index in [9.17, 15) is 14.7 Å². The monoisotopic (exact) mass is 513 g/mol. The number of likely N-dealkylation sites (tertiary alicyclic amines) is 1. The summed E-state index contributed by atoms with van der Waals surface area (Å²) in [5.74, 6) is -0.00332. The van der Waals surface area contributed by atoms with Crippen LogP contribution in [-0.4, -0.2) is 48.5 Å². The molecular formula is C33H39NO4. The lowest BCUT2D eigenvalue weighted by molar-refractivity contribution is -0.139. The van der Waals surface area contributed by atoms with Crippen molar-refractivity contribution in [1.82, 2.24) is 4.90 Å². The lowest BCUT2D eigenvalue weighted by Crippen LogP contribution is -2.44.